The number of likely N-dealkylation sites (tertiary alicyclic amines) is 1. The Balaban J connectivity index is 0.000000554. The molecule has 1 aliphatic rings. The van der Waals surface area contributed by atoms with E-state index in [9.17, 15) is 13.6 Å². The molecule has 3 aromatic carbocycles. The molecule has 1 heterocycles. The third-order valence-electron chi connectivity index (χ3n) is 4.65. The maximum Gasteiger partial charge on any atom is 2.00 e. The first-order valence-electron chi connectivity index (χ1n) is 10.3. The van der Waals surface area contributed by atoms with Gasteiger partial charge in [-0.2, -0.15) is 18.2 Å². The quantitative estimate of drug-likeness (QED) is 0.377. The normalized spacial score (nSPS) is 13.6. The standard InChI is InChI=1S/C20H22FNO3.C6H4F.BrH.Mg/c1-19(2,3)25-18(23)22-13-20(14-22,15-9-11-16(21)12-10-15)24-17-7-5-4-6-8-17;7-6-4-2-1-3-5-6;;/h4-12H,13-14H2,1-3H3;2-5H;1H;/q;-1;;+2/p-1. The van der Waals surface area contributed by atoms with Crippen molar-refractivity contribution in [1.29, 1.82) is 0 Å². The number of halogens is 3. The second kappa shape index (κ2) is 13.1. The van der Waals surface area contributed by atoms with Crippen LogP contribution in [-0.4, -0.2) is 52.7 Å². The fraction of sp³-hybridized carbons (Fsp3) is 0.269. The molecule has 1 saturated heterocycles. The van der Waals surface area contributed by atoms with Crippen molar-refractivity contribution < 1.29 is 40.0 Å². The Morgan fingerprint density at radius 1 is 0.912 bits per heavy atom. The summed E-state index contributed by atoms with van der Waals surface area (Å²) in [5, 5.41) is 0. The number of ether oxygens (including phenoxy) is 2. The van der Waals surface area contributed by atoms with Gasteiger partial charge in [-0.25, -0.2) is 13.6 Å². The number of hydrogen-bond donors (Lipinski definition) is 0. The molecule has 0 N–H and O–H groups in total. The summed E-state index contributed by atoms with van der Waals surface area (Å²) >= 11 is 0. The zero-order valence-corrected chi connectivity index (χ0v) is 22.4. The minimum absolute atomic E-state index is 0. The Morgan fingerprint density at radius 3 is 1.91 bits per heavy atom. The van der Waals surface area contributed by atoms with E-state index in [0.29, 0.717) is 18.8 Å². The van der Waals surface area contributed by atoms with Crippen LogP contribution < -0.4 is 21.7 Å². The molecule has 0 saturated carbocycles. The number of amides is 1. The van der Waals surface area contributed by atoms with E-state index in [0.717, 1.165) is 5.56 Å². The number of para-hydroxylation sites is 1. The third-order valence-corrected chi connectivity index (χ3v) is 4.65. The maximum absolute atomic E-state index is 13.3. The van der Waals surface area contributed by atoms with E-state index in [1.165, 1.54) is 36.4 Å². The fourth-order valence-electron chi connectivity index (χ4n) is 3.17. The molecule has 0 unspecified atom stereocenters. The Hall–Kier alpha value is -2.16. The zero-order chi connectivity index (χ0) is 23.2. The van der Waals surface area contributed by atoms with Crippen LogP contribution in [0.2, 0.25) is 0 Å². The van der Waals surface area contributed by atoms with Gasteiger partial charge in [0.25, 0.3) is 0 Å². The number of carbonyl (C=O) groups excluding carboxylic acids is 1. The Labute approximate surface area is 226 Å². The van der Waals surface area contributed by atoms with Crippen LogP contribution in [0.5, 0.6) is 5.75 Å². The Kier molecular flexibility index (Phi) is 11.5. The van der Waals surface area contributed by atoms with Crippen LogP contribution in [0, 0.1) is 17.7 Å². The van der Waals surface area contributed by atoms with Gasteiger partial charge in [-0.1, -0.05) is 30.3 Å². The van der Waals surface area contributed by atoms with E-state index >= 15 is 0 Å². The van der Waals surface area contributed by atoms with Crippen molar-refractivity contribution in [3.05, 3.63) is 102 Å². The van der Waals surface area contributed by atoms with E-state index in [-0.39, 0.29) is 57.8 Å². The van der Waals surface area contributed by atoms with Crippen molar-refractivity contribution in [3.8, 4) is 5.75 Å². The van der Waals surface area contributed by atoms with Crippen molar-refractivity contribution in [3.63, 3.8) is 0 Å². The molecule has 4 nitrogen and oxygen atoms in total. The molecule has 176 valence electrons. The van der Waals surface area contributed by atoms with Gasteiger partial charge in [-0.05, 0) is 50.6 Å². The molecule has 0 aliphatic carbocycles. The van der Waals surface area contributed by atoms with Gasteiger partial charge in [0.2, 0.25) is 0 Å². The van der Waals surface area contributed by atoms with Crippen LogP contribution in [0.15, 0.2) is 78.9 Å². The average Bonchev–Trinajstić information content (AvgIpc) is 2.71. The predicted molar refractivity (Wildman–Crippen MR) is 124 cm³/mol. The summed E-state index contributed by atoms with van der Waals surface area (Å²) in [5.74, 6) is 0.191. The molecule has 1 amide bonds. The molecule has 0 radical (unpaired) electrons. The van der Waals surface area contributed by atoms with E-state index < -0.39 is 11.2 Å². The van der Waals surface area contributed by atoms with Gasteiger partial charge in [0.15, 0.2) is 5.60 Å². The fourth-order valence-corrected chi connectivity index (χ4v) is 3.17. The minimum atomic E-state index is -0.702. The molecule has 0 bridgehead atoms. The third kappa shape index (κ3) is 8.56. The van der Waals surface area contributed by atoms with Crippen molar-refractivity contribution in [2.45, 2.75) is 32.0 Å². The molecule has 8 heteroatoms. The molecule has 0 aromatic heterocycles. The van der Waals surface area contributed by atoms with Crippen LogP contribution in [-0.2, 0) is 10.3 Å². The van der Waals surface area contributed by atoms with Crippen LogP contribution >= 0.6 is 0 Å². The molecule has 0 atom stereocenters. The van der Waals surface area contributed by atoms with Gasteiger partial charge in [0.05, 0.1) is 13.1 Å². The number of carbonyl (C=O) groups is 1. The first kappa shape index (κ1) is 29.9. The molecule has 3 aromatic rings. The summed E-state index contributed by atoms with van der Waals surface area (Å²) in [6.07, 6.45) is -0.373. The Morgan fingerprint density at radius 2 is 1.44 bits per heavy atom. The molecule has 1 aliphatic heterocycles. The number of hydrogen-bond acceptors (Lipinski definition) is 3. The van der Waals surface area contributed by atoms with Crippen molar-refractivity contribution in [2.75, 3.05) is 13.1 Å². The van der Waals surface area contributed by atoms with Gasteiger partial charge in [0, 0.05) is 5.82 Å². The SMILES string of the molecule is CC(C)(C)OC(=O)N1CC(Oc2ccccc2)(c2ccc(F)cc2)C1.Fc1cc[c-]cc1.[Br-].[Mg+2]. The van der Waals surface area contributed by atoms with Gasteiger partial charge in [-0.3, -0.25) is 4.90 Å². The van der Waals surface area contributed by atoms with Gasteiger partial charge < -0.3 is 26.5 Å². The molecule has 34 heavy (non-hydrogen) atoms. The van der Waals surface area contributed by atoms with E-state index in [1.807, 2.05) is 51.1 Å². The summed E-state index contributed by atoms with van der Waals surface area (Å²) in [7, 11) is 0. The van der Waals surface area contributed by atoms with Crippen molar-refractivity contribution in [1.82, 2.24) is 4.90 Å². The maximum atomic E-state index is 13.3. The predicted octanol–water partition coefficient (Wildman–Crippen LogP) is 2.60. The van der Waals surface area contributed by atoms with Gasteiger partial charge in [0.1, 0.15) is 17.2 Å². The summed E-state index contributed by atoms with van der Waals surface area (Å²) in [5.41, 5.74) is -0.421. The second-order valence-corrected chi connectivity index (χ2v) is 8.47. The molecule has 0 spiro atoms. The number of nitrogens with zero attached hydrogens (tertiary/aromatic N) is 1. The minimum Gasteiger partial charge on any atom is -1.00 e. The summed E-state index contributed by atoms with van der Waals surface area (Å²) in [6, 6.07) is 24.1. The second-order valence-electron chi connectivity index (χ2n) is 8.47. The van der Waals surface area contributed by atoms with Gasteiger partial charge >= 0.3 is 29.1 Å². The van der Waals surface area contributed by atoms with Crippen molar-refractivity contribution in [2.24, 2.45) is 0 Å². The monoisotopic (exact) mass is 541 g/mol. The first-order valence-corrected chi connectivity index (χ1v) is 10.3. The van der Waals surface area contributed by atoms with Crippen LogP contribution in [0.25, 0.3) is 0 Å². The molecule has 1 fully saturated rings. The van der Waals surface area contributed by atoms with Crippen LogP contribution in [0.4, 0.5) is 13.6 Å². The summed E-state index contributed by atoms with van der Waals surface area (Å²) in [4.78, 5) is 13.8. The molecule has 4 rings (SSSR count). The summed E-state index contributed by atoms with van der Waals surface area (Å²) < 4.78 is 36.8. The number of rotatable bonds is 3. The van der Waals surface area contributed by atoms with Crippen LogP contribution in [0.1, 0.15) is 26.3 Å². The van der Waals surface area contributed by atoms with E-state index in [4.69, 9.17) is 9.47 Å². The van der Waals surface area contributed by atoms with E-state index in [2.05, 4.69) is 6.07 Å². The molecular weight excluding hydrogens is 516 g/mol. The van der Waals surface area contributed by atoms with E-state index in [1.54, 1.807) is 17.0 Å². The largest absolute Gasteiger partial charge is 2.00 e. The van der Waals surface area contributed by atoms with Gasteiger partial charge in [-0.15, -0.1) is 12.1 Å². The van der Waals surface area contributed by atoms with Crippen LogP contribution in [0.3, 0.4) is 0 Å². The first-order chi connectivity index (χ1) is 15.2. The van der Waals surface area contributed by atoms with Crippen molar-refractivity contribution >= 4 is 29.1 Å². The zero-order valence-electron chi connectivity index (χ0n) is 19.4. The summed E-state index contributed by atoms with van der Waals surface area (Å²) in [6.45, 7) is 6.19. The Bertz CT molecular complexity index is 1010. The topological polar surface area (TPSA) is 38.8 Å². The molecular formula is C26H26BrF2MgNO3. The average molecular weight is 543 g/mol. The smallest absolute Gasteiger partial charge is 1.00 e. The number of benzene rings is 3.